The highest BCUT2D eigenvalue weighted by Crippen LogP contribution is 2.36. The van der Waals surface area contributed by atoms with Gasteiger partial charge in [0.05, 0.1) is 16.3 Å². The second-order valence-corrected chi connectivity index (χ2v) is 4.12. The molecule has 0 spiro atoms. The molecule has 8 heteroatoms. The molecule has 0 atom stereocenters. The van der Waals surface area contributed by atoms with Crippen LogP contribution in [0.2, 0.25) is 5.02 Å². The molecule has 0 bridgehead atoms. The summed E-state index contributed by atoms with van der Waals surface area (Å²) < 4.78 is 38.1. The van der Waals surface area contributed by atoms with E-state index in [1.54, 1.807) is 6.26 Å². The predicted molar refractivity (Wildman–Crippen MR) is 62.0 cm³/mol. The SMILES string of the molecule is CSN(C(N)=O)c1ccc(C(F)(F)F)cc1Cl. The molecular weight excluding hydrogens is 277 g/mol. The minimum Gasteiger partial charge on any atom is -0.350 e. The van der Waals surface area contributed by atoms with Crippen molar-refractivity contribution in [1.82, 2.24) is 0 Å². The van der Waals surface area contributed by atoms with E-state index in [-0.39, 0.29) is 10.7 Å². The molecule has 0 heterocycles. The van der Waals surface area contributed by atoms with E-state index in [0.717, 1.165) is 34.5 Å². The van der Waals surface area contributed by atoms with Gasteiger partial charge in [-0.3, -0.25) is 0 Å². The molecule has 94 valence electrons. The van der Waals surface area contributed by atoms with Gasteiger partial charge in [-0.2, -0.15) is 13.2 Å². The van der Waals surface area contributed by atoms with Gasteiger partial charge in [0.25, 0.3) is 0 Å². The second kappa shape index (κ2) is 5.05. The van der Waals surface area contributed by atoms with Crippen LogP contribution >= 0.6 is 23.5 Å². The summed E-state index contributed by atoms with van der Waals surface area (Å²) in [5.41, 5.74) is 4.30. The van der Waals surface area contributed by atoms with Gasteiger partial charge < -0.3 is 5.73 Å². The second-order valence-electron chi connectivity index (χ2n) is 2.98. The molecule has 0 aliphatic heterocycles. The predicted octanol–water partition coefficient (Wildman–Crippen LogP) is 3.52. The van der Waals surface area contributed by atoms with Crippen molar-refractivity contribution in [1.29, 1.82) is 0 Å². The molecule has 0 fully saturated rings. The van der Waals surface area contributed by atoms with E-state index in [0.29, 0.717) is 0 Å². The lowest BCUT2D eigenvalue weighted by Gasteiger charge is -2.19. The Morgan fingerprint density at radius 3 is 2.41 bits per heavy atom. The third-order valence-corrected chi connectivity index (χ3v) is 2.92. The van der Waals surface area contributed by atoms with Gasteiger partial charge in [-0.05, 0) is 30.1 Å². The van der Waals surface area contributed by atoms with E-state index in [4.69, 9.17) is 17.3 Å². The maximum atomic E-state index is 12.4. The number of carbonyl (C=O) groups is 1. The first-order chi connectivity index (χ1) is 7.77. The largest absolute Gasteiger partial charge is 0.416 e. The summed E-state index contributed by atoms with van der Waals surface area (Å²) in [4.78, 5) is 11.0. The molecule has 1 rings (SSSR count). The lowest BCUT2D eigenvalue weighted by atomic mass is 10.2. The van der Waals surface area contributed by atoms with Crippen LogP contribution in [0, 0.1) is 0 Å². The van der Waals surface area contributed by atoms with E-state index < -0.39 is 17.8 Å². The van der Waals surface area contributed by atoms with E-state index in [9.17, 15) is 18.0 Å². The molecule has 0 radical (unpaired) electrons. The fourth-order valence-electron chi connectivity index (χ4n) is 1.15. The fraction of sp³-hybridized carbons (Fsp3) is 0.222. The first-order valence-electron chi connectivity index (χ1n) is 4.27. The standard InChI is InChI=1S/C9H8ClF3N2OS/c1-17-15(8(14)16)7-3-2-5(4-6(7)10)9(11,12)13/h2-4H,1H3,(H2,14,16). The average molecular weight is 285 g/mol. The number of alkyl halides is 3. The van der Waals surface area contributed by atoms with Gasteiger partial charge in [-0.15, -0.1) is 0 Å². The first kappa shape index (κ1) is 14.0. The van der Waals surface area contributed by atoms with Crippen molar-refractivity contribution in [2.24, 2.45) is 5.73 Å². The van der Waals surface area contributed by atoms with Crippen molar-refractivity contribution >= 4 is 35.3 Å². The highest BCUT2D eigenvalue weighted by molar-refractivity contribution is 8.00. The zero-order valence-corrected chi connectivity index (χ0v) is 10.2. The van der Waals surface area contributed by atoms with Crippen molar-refractivity contribution in [3.63, 3.8) is 0 Å². The van der Waals surface area contributed by atoms with Crippen molar-refractivity contribution in [3.8, 4) is 0 Å². The van der Waals surface area contributed by atoms with Crippen molar-refractivity contribution in [2.75, 3.05) is 10.6 Å². The zero-order chi connectivity index (χ0) is 13.2. The molecule has 0 aliphatic carbocycles. The number of benzene rings is 1. The highest BCUT2D eigenvalue weighted by atomic mass is 35.5. The highest BCUT2D eigenvalue weighted by Gasteiger charge is 2.31. The molecule has 2 N–H and O–H groups in total. The van der Waals surface area contributed by atoms with Crippen LogP contribution in [0.25, 0.3) is 0 Å². The quantitative estimate of drug-likeness (QED) is 0.845. The lowest BCUT2D eigenvalue weighted by Crippen LogP contribution is -2.29. The van der Waals surface area contributed by atoms with Gasteiger partial charge in [-0.25, -0.2) is 9.10 Å². The minimum atomic E-state index is -4.47. The van der Waals surface area contributed by atoms with Gasteiger partial charge in [0.2, 0.25) is 0 Å². The number of nitrogens with two attached hydrogens (primary N) is 1. The number of amides is 2. The molecule has 2 amide bonds. The molecule has 0 saturated heterocycles. The van der Waals surface area contributed by atoms with E-state index in [1.807, 2.05) is 0 Å². The lowest BCUT2D eigenvalue weighted by molar-refractivity contribution is -0.137. The third-order valence-electron chi connectivity index (χ3n) is 1.88. The smallest absolute Gasteiger partial charge is 0.350 e. The summed E-state index contributed by atoms with van der Waals surface area (Å²) in [6.45, 7) is 0. The topological polar surface area (TPSA) is 46.3 Å². The van der Waals surface area contributed by atoms with Gasteiger partial charge in [0.15, 0.2) is 0 Å². The number of carbonyl (C=O) groups excluding carboxylic acids is 1. The van der Waals surface area contributed by atoms with Crippen LogP contribution in [0.15, 0.2) is 18.2 Å². The van der Waals surface area contributed by atoms with E-state index in [2.05, 4.69) is 0 Å². The third kappa shape index (κ3) is 3.19. The number of halogens is 4. The van der Waals surface area contributed by atoms with E-state index in [1.165, 1.54) is 0 Å². The summed E-state index contributed by atoms with van der Waals surface area (Å²) in [6, 6.07) is 1.89. The van der Waals surface area contributed by atoms with Crippen LogP contribution in [0.5, 0.6) is 0 Å². The summed E-state index contributed by atoms with van der Waals surface area (Å²) in [7, 11) is 0. The number of hydrogen-bond donors (Lipinski definition) is 1. The molecule has 1 aromatic carbocycles. The minimum absolute atomic E-state index is 0.125. The van der Waals surface area contributed by atoms with Gasteiger partial charge >= 0.3 is 12.2 Å². The Bertz CT molecular complexity index is 439. The number of nitrogens with zero attached hydrogens (tertiary/aromatic N) is 1. The van der Waals surface area contributed by atoms with Crippen LogP contribution in [0.4, 0.5) is 23.7 Å². The Labute approximate surface area is 105 Å². The van der Waals surface area contributed by atoms with Crippen molar-refractivity contribution in [3.05, 3.63) is 28.8 Å². The van der Waals surface area contributed by atoms with E-state index >= 15 is 0 Å². The fourth-order valence-corrected chi connectivity index (χ4v) is 2.01. The van der Waals surface area contributed by atoms with Gasteiger partial charge in [0, 0.05) is 6.26 Å². The Kier molecular flexibility index (Phi) is 4.16. The van der Waals surface area contributed by atoms with Crippen LogP contribution < -0.4 is 10.0 Å². The Morgan fingerprint density at radius 2 is 2.06 bits per heavy atom. The van der Waals surface area contributed by atoms with Crippen LogP contribution in [0.3, 0.4) is 0 Å². The molecular formula is C9H8ClF3N2OS. The molecule has 17 heavy (non-hydrogen) atoms. The molecule has 0 aliphatic rings. The van der Waals surface area contributed by atoms with Crippen LogP contribution in [-0.4, -0.2) is 12.3 Å². The molecule has 0 unspecified atom stereocenters. The molecule has 1 aromatic rings. The summed E-state index contributed by atoms with van der Waals surface area (Å²) in [5.74, 6) is 0. The van der Waals surface area contributed by atoms with Gasteiger partial charge in [-0.1, -0.05) is 11.6 Å². The normalized spacial score (nSPS) is 11.4. The molecule has 0 aromatic heterocycles. The summed E-state index contributed by atoms with van der Waals surface area (Å²) >= 11 is 6.64. The van der Waals surface area contributed by atoms with Crippen molar-refractivity contribution in [2.45, 2.75) is 6.18 Å². The Morgan fingerprint density at radius 1 is 1.47 bits per heavy atom. The number of hydrogen-bond acceptors (Lipinski definition) is 2. The Hall–Kier alpha value is -1.08. The zero-order valence-electron chi connectivity index (χ0n) is 8.58. The number of rotatable bonds is 2. The molecule has 3 nitrogen and oxygen atoms in total. The number of urea groups is 1. The van der Waals surface area contributed by atoms with Crippen molar-refractivity contribution < 1.29 is 18.0 Å². The average Bonchev–Trinajstić information content (AvgIpc) is 2.19. The Balaban J connectivity index is 3.18. The monoisotopic (exact) mass is 284 g/mol. The maximum Gasteiger partial charge on any atom is 0.416 e. The van der Waals surface area contributed by atoms with Crippen LogP contribution in [-0.2, 0) is 6.18 Å². The molecule has 0 saturated carbocycles. The number of primary amides is 1. The number of anilines is 1. The van der Waals surface area contributed by atoms with Crippen LogP contribution in [0.1, 0.15) is 5.56 Å². The summed E-state index contributed by atoms with van der Waals surface area (Å²) in [6.07, 6.45) is -2.92. The first-order valence-corrected chi connectivity index (χ1v) is 5.83. The summed E-state index contributed by atoms with van der Waals surface area (Å²) in [5, 5.41) is -0.187. The maximum absolute atomic E-state index is 12.4. The van der Waals surface area contributed by atoms with Gasteiger partial charge in [0.1, 0.15) is 0 Å².